The molecule has 0 fully saturated rings. The lowest BCUT2D eigenvalue weighted by Gasteiger charge is -2.35. The van der Waals surface area contributed by atoms with Crippen LogP contribution in [0, 0.1) is 0 Å². The van der Waals surface area contributed by atoms with Crippen LogP contribution in [0.5, 0.6) is 5.75 Å². The molecule has 0 saturated heterocycles. The molecule has 0 amide bonds. The summed E-state index contributed by atoms with van der Waals surface area (Å²) in [5, 5.41) is 13.3. The summed E-state index contributed by atoms with van der Waals surface area (Å²) in [6.45, 7) is 1.69. The molecule has 5 nitrogen and oxygen atoms in total. The van der Waals surface area contributed by atoms with Gasteiger partial charge in [0.05, 0.1) is 19.1 Å². The number of ether oxygens (including phenoxy) is 1. The molecule has 0 radical (unpaired) electrons. The highest BCUT2D eigenvalue weighted by Gasteiger charge is 2.37. The minimum atomic E-state index is -1.24. The lowest BCUT2D eigenvalue weighted by Crippen LogP contribution is -2.38. The van der Waals surface area contributed by atoms with Crippen LogP contribution in [-0.2, 0) is 4.79 Å². The van der Waals surface area contributed by atoms with E-state index in [1.807, 2.05) is 59.6 Å². The number of amidine groups is 1. The first-order valence-corrected chi connectivity index (χ1v) is 9.76. The second-order valence-corrected chi connectivity index (χ2v) is 7.78. The van der Waals surface area contributed by atoms with Gasteiger partial charge in [0.2, 0.25) is 0 Å². The smallest absolute Gasteiger partial charge is 0.173 e. The summed E-state index contributed by atoms with van der Waals surface area (Å²) in [5.74, 6) is -0.631. The van der Waals surface area contributed by atoms with Crippen molar-refractivity contribution in [1.29, 1.82) is 0 Å². The molecule has 28 heavy (non-hydrogen) atoms. The molecule has 7 heteroatoms. The molecule has 2 aliphatic heterocycles. The van der Waals surface area contributed by atoms with E-state index in [1.54, 1.807) is 14.0 Å². The van der Waals surface area contributed by atoms with Gasteiger partial charge in [0.25, 0.3) is 0 Å². The largest absolute Gasteiger partial charge is 0.545 e. The van der Waals surface area contributed by atoms with E-state index in [0.717, 1.165) is 16.0 Å². The molecule has 2 heterocycles. The number of carbonyl (C=O) groups excluding carboxylic acids is 1. The maximum Gasteiger partial charge on any atom is 0.173 e. The number of carboxylic acids is 1. The van der Waals surface area contributed by atoms with Gasteiger partial charge in [-0.1, -0.05) is 41.9 Å². The van der Waals surface area contributed by atoms with Crippen molar-refractivity contribution >= 4 is 39.4 Å². The number of aliphatic imine (C=N–C) groups is 1. The number of allylic oxidation sites excluding steroid dienone is 1. The number of hydrogen-bond acceptors (Lipinski definition) is 6. The van der Waals surface area contributed by atoms with Gasteiger partial charge in [-0.25, -0.2) is 4.99 Å². The number of methoxy groups -OCH3 is 1. The molecule has 0 spiro atoms. The molecule has 0 bridgehead atoms. The van der Waals surface area contributed by atoms with Crippen molar-refractivity contribution in [3.8, 4) is 5.75 Å². The number of nitrogens with zero attached hydrogens (tertiary/aromatic N) is 2. The standard InChI is InChI=1S/C21H17ClN2O3S/c1-12-18(20(25)26)19(15-5-3-4-6-16(15)27-2)24-11-17(28-21(24)23-12)13-7-9-14(22)10-8-13/h3-11,19H,1-2H3,(H,25,26)/p-1. The van der Waals surface area contributed by atoms with Crippen LogP contribution in [0.1, 0.15) is 24.1 Å². The van der Waals surface area contributed by atoms with E-state index in [9.17, 15) is 9.90 Å². The highest BCUT2D eigenvalue weighted by Crippen LogP contribution is 2.47. The van der Waals surface area contributed by atoms with Gasteiger partial charge in [-0.05, 0) is 42.4 Å². The Morgan fingerprint density at radius 2 is 1.93 bits per heavy atom. The molecule has 2 aromatic carbocycles. The highest BCUT2D eigenvalue weighted by molar-refractivity contribution is 8.22. The SMILES string of the molecule is COc1ccccc1C1C(C(=O)[O-])=C(C)N=C2SC(c3ccc(Cl)cc3)=CN21. The predicted octanol–water partition coefficient (Wildman–Crippen LogP) is 3.83. The van der Waals surface area contributed by atoms with E-state index in [2.05, 4.69) is 4.99 Å². The van der Waals surface area contributed by atoms with Gasteiger partial charge in [-0.2, -0.15) is 0 Å². The number of carboxylic acid groups (broad SMARTS) is 1. The molecule has 1 unspecified atom stereocenters. The van der Waals surface area contributed by atoms with Crippen LogP contribution in [0.25, 0.3) is 4.91 Å². The Hall–Kier alpha value is -2.70. The van der Waals surface area contributed by atoms with Crippen molar-refractivity contribution in [2.75, 3.05) is 7.11 Å². The fourth-order valence-corrected chi connectivity index (χ4v) is 4.56. The molecule has 142 valence electrons. The molecule has 1 atom stereocenters. The second-order valence-electron chi connectivity index (χ2n) is 6.33. The number of aliphatic carboxylic acids is 1. The zero-order valence-corrected chi connectivity index (χ0v) is 16.8. The van der Waals surface area contributed by atoms with E-state index in [-0.39, 0.29) is 5.57 Å². The van der Waals surface area contributed by atoms with Gasteiger partial charge in [0, 0.05) is 33.0 Å². The van der Waals surface area contributed by atoms with Crippen LogP contribution in [0.4, 0.5) is 0 Å². The number of benzene rings is 2. The summed E-state index contributed by atoms with van der Waals surface area (Å²) in [5.41, 5.74) is 2.28. The number of rotatable bonds is 4. The van der Waals surface area contributed by atoms with Crippen molar-refractivity contribution in [3.63, 3.8) is 0 Å². The number of carbonyl (C=O) groups is 1. The van der Waals surface area contributed by atoms with E-state index in [0.29, 0.717) is 21.6 Å². The Morgan fingerprint density at radius 3 is 2.61 bits per heavy atom. The maximum atomic E-state index is 12.0. The third-order valence-electron chi connectivity index (χ3n) is 4.67. The van der Waals surface area contributed by atoms with E-state index >= 15 is 0 Å². The average Bonchev–Trinajstić information content (AvgIpc) is 3.10. The molecule has 2 aromatic rings. The van der Waals surface area contributed by atoms with E-state index in [4.69, 9.17) is 16.3 Å². The number of thioether (sulfide) groups is 1. The minimum Gasteiger partial charge on any atom is -0.545 e. The summed E-state index contributed by atoms with van der Waals surface area (Å²) in [4.78, 5) is 19.3. The Balaban J connectivity index is 1.85. The molecule has 2 aliphatic rings. The van der Waals surface area contributed by atoms with Crippen LogP contribution in [-0.4, -0.2) is 23.1 Å². The van der Waals surface area contributed by atoms with E-state index < -0.39 is 12.0 Å². The van der Waals surface area contributed by atoms with Crippen molar-refractivity contribution in [1.82, 2.24) is 4.90 Å². The Labute approximate surface area is 172 Å². The fraction of sp³-hybridized carbons (Fsp3) is 0.143. The lowest BCUT2D eigenvalue weighted by atomic mass is 9.94. The molecule has 0 saturated carbocycles. The van der Waals surface area contributed by atoms with Crippen molar-refractivity contribution in [2.45, 2.75) is 13.0 Å². The first kappa shape index (κ1) is 18.7. The number of halogens is 1. The summed E-state index contributed by atoms with van der Waals surface area (Å²) >= 11 is 7.49. The normalized spacial score (nSPS) is 18.5. The molecule has 0 aliphatic carbocycles. The summed E-state index contributed by atoms with van der Waals surface area (Å²) < 4.78 is 5.49. The van der Waals surface area contributed by atoms with Crippen LogP contribution >= 0.6 is 23.4 Å². The predicted molar refractivity (Wildman–Crippen MR) is 110 cm³/mol. The maximum absolute atomic E-state index is 12.0. The van der Waals surface area contributed by atoms with Gasteiger partial charge in [-0.15, -0.1) is 0 Å². The van der Waals surface area contributed by atoms with Gasteiger partial charge in [-0.3, -0.25) is 0 Å². The summed E-state index contributed by atoms with van der Waals surface area (Å²) in [7, 11) is 1.57. The quantitative estimate of drug-likeness (QED) is 0.765. The number of para-hydroxylation sites is 1. The van der Waals surface area contributed by atoms with Crippen LogP contribution in [0.15, 0.2) is 71.0 Å². The number of fused-ring (bicyclic) bond motifs is 1. The van der Waals surface area contributed by atoms with E-state index in [1.165, 1.54) is 11.8 Å². The monoisotopic (exact) mass is 411 g/mol. The van der Waals surface area contributed by atoms with Crippen molar-refractivity contribution < 1.29 is 14.6 Å². The summed E-state index contributed by atoms with van der Waals surface area (Å²) in [6.07, 6.45) is 1.92. The van der Waals surface area contributed by atoms with Crippen molar-refractivity contribution in [2.24, 2.45) is 4.99 Å². The third kappa shape index (κ3) is 3.19. The van der Waals surface area contributed by atoms with Crippen molar-refractivity contribution in [3.05, 3.63) is 82.2 Å². The third-order valence-corrected chi connectivity index (χ3v) is 5.96. The van der Waals surface area contributed by atoms with Crippen LogP contribution in [0.2, 0.25) is 5.02 Å². The fourth-order valence-electron chi connectivity index (χ4n) is 3.37. The molecular weight excluding hydrogens is 396 g/mol. The van der Waals surface area contributed by atoms with Gasteiger partial charge in [0.1, 0.15) is 5.75 Å². The Bertz CT molecular complexity index is 1040. The van der Waals surface area contributed by atoms with Gasteiger partial charge >= 0.3 is 0 Å². The summed E-state index contributed by atoms with van der Waals surface area (Å²) in [6, 6.07) is 14.3. The first-order valence-electron chi connectivity index (χ1n) is 8.57. The van der Waals surface area contributed by atoms with Gasteiger partial charge < -0.3 is 19.5 Å². The average molecular weight is 412 g/mol. The molecule has 4 rings (SSSR count). The first-order chi connectivity index (χ1) is 13.5. The lowest BCUT2D eigenvalue weighted by molar-refractivity contribution is -0.300. The highest BCUT2D eigenvalue weighted by atomic mass is 35.5. The Kier molecular flexibility index (Phi) is 4.91. The van der Waals surface area contributed by atoms with Crippen LogP contribution in [0.3, 0.4) is 0 Å². The molecule has 0 aromatic heterocycles. The number of hydrogen-bond donors (Lipinski definition) is 0. The molecular formula is C21H16ClN2O3S-. The zero-order valence-electron chi connectivity index (χ0n) is 15.2. The Morgan fingerprint density at radius 1 is 1.21 bits per heavy atom. The topological polar surface area (TPSA) is 65.0 Å². The van der Waals surface area contributed by atoms with Gasteiger partial charge in [0.15, 0.2) is 5.17 Å². The van der Waals surface area contributed by atoms with Crippen LogP contribution < -0.4 is 9.84 Å². The molecule has 0 N–H and O–H groups in total. The second kappa shape index (κ2) is 7.37. The minimum absolute atomic E-state index is 0.127. The zero-order chi connectivity index (χ0) is 19.8.